The number of rotatable bonds is 15. The molecule has 0 unspecified atom stereocenters. The molecule has 0 aromatic heterocycles. The van der Waals surface area contributed by atoms with Crippen molar-refractivity contribution in [1.29, 1.82) is 0 Å². The minimum absolute atomic E-state index is 0.0288. The zero-order chi connectivity index (χ0) is 41.1. The molecule has 0 aliphatic heterocycles. The Morgan fingerprint density at radius 2 is 1.80 bits per heavy atom. The molecule has 0 radical (unpaired) electrons. The number of methoxy groups -OCH3 is 1. The molecule has 0 bridgehead atoms. The summed E-state index contributed by atoms with van der Waals surface area (Å²) in [5.74, 6) is -4.66. The Kier molecular flexibility index (Phi) is 12.4. The molecule has 1 aromatic carbocycles. The fourth-order valence-corrected chi connectivity index (χ4v) is 8.92. The maximum absolute atomic E-state index is 17.3. The van der Waals surface area contributed by atoms with Gasteiger partial charge < -0.3 is 44.4 Å². The van der Waals surface area contributed by atoms with Gasteiger partial charge in [0.2, 0.25) is 5.78 Å². The van der Waals surface area contributed by atoms with Gasteiger partial charge in [-0.3, -0.25) is 14.4 Å². The molecule has 17 nitrogen and oxygen atoms in total. The molecule has 56 heavy (non-hydrogen) atoms. The van der Waals surface area contributed by atoms with E-state index in [0.29, 0.717) is 30.4 Å². The quantitative estimate of drug-likeness (QED) is 0.0656. The molecular formula is C38H45FN2O15. The number of alkyl halides is 1. The number of carbonyl (C=O) groups is 5. The van der Waals surface area contributed by atoms with Crippen molar-refractivity contribution in [3.63, 3.8) is 0 Å². The normalized spacial score (nSPS) is 31.6. The third-order valence-corrected chi connectivity index (χ3v) is 11.8. The number of aliphatic hydroxyl groups is 3. The maximum Gasteiger partial charge on any atom is 0.413 e. The van der Waals surface area contributed by atoms with Gasteiger partial charge in [-0.15, -0.1) is 10.1 Å². The Morgan fingerprint density at radius 3 is 2.52 bits per heavy atom. The number of allylic oxidation sites excluding steroid dienone is 4. The third-order valence-electron chi connectivity index (χ3n) is 11.8. The molecule has 8 atom stereocenters. The van der Waals surface area contributed by atoms with Crippen LogP contribution < -0.4 is 14.8 Å². The minimum Gasteiger partial charge on any atom is -0.493 e. The molecule has 4 N–H and O–H groups in total. The average Bonchev–Trinajstić information content (AvgIpc) is 3.35. The van der Waals surface area contributed by atoms with E-state index in [9.17, 15) is 49.4 Å². The number of halogens is 1. The highest BCUT2D eigenvalue weighted by molar-refractivity contribution is 6.01. The number of ether oxygens (including phenoxy) is 4. The van der Waals surface area contributed by atoms with E-state index < -0.39 is 94.6 Å². The first-order chi connectivity index (χ1) is 26.4. The molecule has 3 saturated carbocycles. The first-order valence-electron chi connectivity index (χ1n) is 18.1. The Morgan fingerprint density at radius 1 is 1.07 bits per heavy atom. The number of nitrogens with zero attached hydrogens (tertiary/aromatic N) is 1. The van der Waals surface area contributed by atoms with Crippen LogP contribution in [0.3, 0.4) is 0 Å². The zero-order valence-electron chi connectivity index (χ0n) is 31.1. The van der Waals surface area contributed by atoms with E-state index in [0.717, 1.165) is 6.08 Å². The van der Waals surface area contributed by atoms with Crippen molar-refractivity contribution in [2.24, 2.45) is 22.7 Å². The van der Waals surface area contributed by atoms with E-state index in [4.69, 9.17) is 18.9 Å². The number of nitrogens with one attached hydrogen (secondary N) is 1. The number of benzene rings is 1. The van der Waals surface area contributed by atoms with Crippen LogP contribution in [0.5, 0.6) is 11.5 Å². The number of hydrogen-bond acceptors (Lipinski definition) is 15. The molecule has 0 heterocycles. The molecule has 0 spiro atoms. The molecule has 304 valence electrons. The summed E-state index contributed by atoms with van der Waals surface area (Å²) in [6.07, 6.45) is 2.96. The van der Waals surface area contributed by atoms with Crippen molar-refractivity contribution in [3.8, 4) is 11.5 Å². The number of ketones is 2. The second kappa shape index (κ2) is 16.5. The summed E-state index contributed by atoms with van der Waals surface area (Å²) in [4.78, 5) is 77.0. The summed E-state index contributed by atoms with van der Waals surface area (Å²) >= 11 is 0. The van der Waals surface area contributed by atoms with Gasteiger partial charge in [-0.05, 0) is 87.3 Å². The van der Waals surface area contributed by atoms with E-state index in [1.54, 1.807) is 6.92 Å². The first-order valence-corrected chi connectivity index (χ1v) is 18.1. The SMILES string of the molecule is COc1cc(/C=C/C(=O)OCCCCO[N+](=O)[O-])ccc1OC(=O)NCC(=O)OCC(=O)[C@@]1(O)[C@H](O)C[C@H]2[C@@H]3CCC4=CC(=O)C=C[C@]4(C)[C@@]3(F)[C@@H](O)C[C@@]21C. The van der Waals surface area contributed by atoms with Gasteiger partial charge in [-0.2, -0.15) is 0 Å². The summed E-state index contributed by atoms with van der Waals surface area (Å²) in [6, 6.07) is 4.31. The van der Waals surface area contributed by atoms with Crippen LogP contribution in [0, 0.1) is 32.8 Å². The van der Waals surface area contributed by atoms with Crippen molar-refractivity contribution in [3.05, 3.63) is 63.8 Å². The summed E-state index contributed by atoms with van der Waals surface area (Å²) in [5.41, 5.74) is -6.54. The number of fused-ring (bicyclic) bond motifs is 5. The van der Waals surface area contributed by atoms with Crippen LogP contribution in [0.1, 0.15) is 57.9 Å². The minimum atomic E-state index is -2.50. The van der Waals surface area contributed by atoms with E-state index in [2.05, 4.69) is 10.2 Å². The number of aliphatic hydroxyl groups excluding tert-OH is 2. The average molecular weight is 789 g/mol. The summed E-state index contributed by atoms with van der Waals surface area (Å²) in [6.45, 7) is 1.31. The molecule has 4 aliphatic carbocycles. The van der Waals surface area contributed by atoms with Crippen molar-refractivity contribution < 1.29 is 72.6 Å². The summed E-state index contributed by atoms with van der Waals surface area (Å²) in [5, 5.41) is 45.8. The Bertz CT molecular complexity index is 1850. The van der Waals surface area contributed by atoms with Crippen LogP contribution in [-0.2, 0) is 33.5 Å². The van der Waals surface area contributed by atoms with Crippen LogP contribution >= 0.6 is 0 Å². The lowest BCUT2D eigenvalue weighted by atomic mass is 9.44. The Hall–Kier alpha value is -5.20. The largest absolute Gasteiger partial charge is 0.493 e. The fourth-order valence-electron chi connectivity index (χ4n) is 8.92. The van der Waals surface area contributed by atoms with Crippen molar-refractivity contribution >= 4 is 35.7 Å². The van der Waals surface area contributed by atoms with Gasteiger partial charge in [0.15, 0.2) is 35.2 Å². The zero-order valence-corrected chi connectivity index (χ0v) is 31.1. The molecular weight excluding hydrogens is 743 g/mol. The first kappa shape index (κ1) is 42.0. The predicted molar refractivity (Wildman–Crippen MR) is 190 cm³/mol. The monoisotopic (exact) mass is 788 g/mol. The summed E-state index contributed by atoms with van der Waals surface area (Å²) < 4.78 is 37.8. The lowest BCUT2D eigenvalue weighted by Crippen LogP contribution is -2.69. The van der Waals surface area contributed by atoms with Gasteiger partial charge >= 0.3 is 18.0 Å². The van der Waals surface area contributed by atoms with Gasteiger partial charge in [-0.25, -0.2) is 14.0 Å². The van der Waals surface area contributed by atoms with Crippen molar-refractivity contribution in [2.75, 3.05) is 33.5 Å². The second-order valence-electron chi connectivity index (χ2n) is 14.8. The standard InChI is InChI=1S/C38H45FN2O15/c1-35-13-12-24(42)17-23(35)8-9-25-26-18-29(43)38(49,36(26,2)19-30(44)37(25,35)39)31(45)21-54-33(47)20-40-34(48)56-27-10-6-22(16-28(27)52-3)7-11-32(46)53-14-4-5-15-55-41(50)51/h6-7,10-13,16-17,25-26,29-30,43-44,49H,4-5,8-9,14-15,18-21H2,1-3H3,(H,40,48)/b11-7+/t25-,26-,29+,30-,35-,36-,37-,38-/m0/s1. The lowest BCUT2D eigenvalue weighted by Gasteiger charge is -2.62. The second-order valence-corrected chi connectivity index (χ2v) is 14.8. The molecule has 1 aromatic rings. The van der Waals surface area contributed by atoms with Gasteiger partial charge in [0.1, 0.15) is 6.54 Å². The smallest absolute Gasteiger partial charge is 0.413 e. The number of hydrogen-bond donors (Lipinski definition) is 4. The molecule has 4 aliphatic rings. The number of carbonyl (C=O) groups excluding carboxylic acids is 5. The van der Waals surface area contributed by atoms with Gasteiger partial charge in [-0.1, -0.05) is 24.6 Å². The molecule has 18 heteroatoms. The van der Waals surface area contributed by atoms with Crippen LogP contribution in [0.25, 0.3) is 6.08 Å². The third kappa shape index (κ3) is 7.77. The van der Waals surface area contributed by atoms with Crippen LogP contribution in [0.15, 0.2) is 48.1 Å². The molecule has 3 fully saturated rings. The van der Waals surface area contributed by atoms with Crippen LogP contribution in [0.2, 0.25) is 0 Å². The van der Waals surface area contributed by atoms with E-state index in [1.165, 1.54) is 56.5 Å². The number of esters is 2. The Balaban J connectivity index is 1.12. The van der Waals surface area contributed by atoms with Gasteiger partial charge in [0.05, 0.1) is 32.5 Å². The highest BCUT2D eigenvalue weighted by Gasteiger charge is 2.76. The highest BCUT2D eigenvalue weighted by atomic mass is 19.1. The molecule has 1 amide bonds. The fraction of sp³-hybridized carbons (Fsp3) is 0.553. The molecule has 5 rings (SSSR count). The highest BCUT2D eigenvalue weighted by Crippen LogP contribution is 2.69. The van der Waals surface area contributed by atoms with Gasteiger partial charge in [0, 0.05) is 22.8 Å². The Labute approximate surface area is 320 Å². The van der Waals surface area contributed by atoms with E-state index in [-0.39, 0.29) is 43.3 Å². The number of unbranched alkanes of at least 4 members (excludes halogenated alkanes) is 1. The van der Waals surface area contributed by atoms with E-state index >= 15 is 4.39 Å². The molecule has 0 saturated heterocycles. The maximum atomic E-state index is 17.3. The van der Waals surface area contributed by atoms with Crippen molar-refractivity contribution in [1.82, 2.24) is 5.32 Å². The topological polar surface area (TPSA) is 247 Å². The van der Waals surface area contributed by atoms with E-state index in [1.807, 2.05) is 0 Å². The number of amides is 1. The van der Waals surface area contributed by atoms with Crippen LogP contribution in [0.4, 0.5) is 9.18 Å². The van der Waals surface area contributed by atoms with Crippen molar-refractivity contribution in [2.45, 2.75) is 75.9 Å². The van der Waals surface area contributed by atoms with Crippen LogP contribution in [-0.4, -0.2) is 107 Å². The summed E-state index contributed by atoms with van der Waals surface area (Å²) in [7, 11) is 1.30. The predicted octanol–water partition coefficient (Wildman–Crippen LogP) is 2.51. The lowest BCUT2D eigenvalue weighted by molar-refractivity contribution is -0.757. The van der Waals surface area contributed by atoms with Gasteiger partial charge in [0.25, 0.3) is 5.09 Å². The number of Topliss-reactive ketones (excluding diaryl/α,β-unsaturated/α-hetero) is 1.